The Bertz CT molecular complexity index is 280. The van der Waals surface area contributed by atoms with Gasteiger partial charge in [0, 0.05) is 25.4 Å². The van der Waals surface area contributed by atoms with Crippen LogP contribution in [-0.4, -0.2) is 29.6 Å². The van der Waals surface area contributed by atoms with Crippen molar-refractivity contribution in [1.29, 1.82) is 0 Å². The molecule has 0 aromatic heterocycles. The number of aliphatic carboxylic acids is 1. The molecule has 0 aromatic rings. The van der Waals surface area contributed by atoms with E-state index in [4.69, 9.17) is 10.8 Å². The second-order valence-electron chi connectivity index (χ2n) is 5.60. The molecule has 0 heterocycles. The summed E-state index contributed by atoms with van der Waals surface area (Å²) in [5.41, 5.74) is 5.63. The molecule has 2 atom stereocenters. The fourth-order valence-electron chi connectivity index (χ4n) is 2.26. The van der Waals surface area contributed by atoms with Gasteiger partial charge in [-0.3, -0.25) is 9.59 Å². The zero-order valence-corrected chi connectivity index (χ0v) is 12.9. The fourth-order valence-corrected chi connectivity index (χ4v) is 2.26. The van der Waals surface area contributed by atoms with E-state index in [1.165, 1.54) is 0 Å². The number of carboxylic acids is 1. The van der Waals surface area contributed by atoms with E-state index in [9.17, 15) is 9.59 Å². The summed E-state index contributed by atoms with van der Waals surface area (Å²) in [6, 6.07) is 0.146. The van der Waals surface area contributed by atoms with Crippen LogP contribution in [0.15, 0.2) is 0 Å². The quantitative estimate of drug-likeness (QED) is 0.513. The second kappa shape index (κ2) is 11.7. The topological polar surface area (TPSA) is 92.4 Å². The van der Waals surface area contributed by atoms with Gasteiger partial charge < -0.3 is 16.2 Å². The highest BCUT2D eigenvalue weighted by Gasteiger charge is 2.11. The normalized spacial score (nSPS) is 13.8. The predicted molar refractivity (Wildman–Crippen MR) is 80.4 cm³/mol. The molecule has 4 N–H and O–H groups in total. The highest BCUT2D eigenvalue weighted by Crippen LogP contribution is 2.17. The number of hydrogen-bond acceptors (Lipinski definition) is 3. The van der Waals surface area contributed by atoms with Crippen molar-refractivity contribution in [3.8, 4) is 0 Å². The first-order chi connectivity index (χ1) is 9.45. The van der Waals surface area contributed by atoms with Crippen molar-refractivity contribution < 1.29 is 14.7 Å². The van der Waals surface area contributed by atoms with Crippen molar-refractivity contribution >= 4 is 11.9 Å². The van der Waals surface area contributed by atoms with Crippen LogP contribution < -0.4 is 11.1 Å². The van der Waals surface area contributed by atoms with Gasteiger partial charge in [-0.2, -0.15) is 0 Å². The van der Waals surface area contributed by atoms with Crippen molar-refractivity contribution in [3.05, 3.63) is 0 Å². The maximum Gasteiger partial charge on any atom is 0.303 e. The molecular formula is C15H30N2O3. The van der Waals surface area contributed by atoms with Crippen LogP contribution in [0.2, 0.25) is 0 Å². The fraction of sp³-hybridized carbons (Fsp3) is 0.867. The molecule has 0 aliphatic carbocycles. The number of carbonyl (C=O) groups is 2. The zero-order valence-electron chi connectivity index (χ0n) is 12.9. The molecular weight excluding hydrogens is 256 g/mol. The average molecular weight is 286 g/mol. The molecule has 0 bridgehead atoms. The lowest BCUT2D eigenvalue weighted by Crippen LogP contribution is -2.26. The smallest absolute Gasteiger partial charge is 0.303 e. The Morgan fingerprint density at radius 1 is 1.15 bits per heavy atom. The number of carbonyl (C=O) groups excluding carboxylic acids is 1. The van der Waals surface area contributed by atoms with Crippen LogP contribution in [0.1, 0.15) is 65.2 Å². The first-order valence-corrected chi connectivity index (χ1v) is 7.69. The van der Waals surface area contributed by atoms with E-state index < -0.39 is 5.97 Å². The van der Waals surface area contributed by atoms with Crippen LogP contribution in [0.5, 0.6) is 0 Å². The highest BCUT2D eigenvalue weighted by molar-refractivity contribution is 5.75. The standard InChI is InChI=1S/C15H30N2O3/c1-3-5-13(8-9-15(19)20)10-11-17-14(18)7-4-6-12(2)16/h12-13H,3-11,16H2,1-2H3,(H,17,18)(H,19,20). The summed E-state index contributed by atoms with van der Waals surface area (Å²) in [6.45, 7) is 4.68. The number of rotatable bonds is 12. The lowest BCUT2D eigenvalue weighted by atomic mass is 9.94. The summed E-state index contributed by atoms with van der Waals surface area (Å²) in [5, 5.41) is 11.6. The van der Waals surface area contributed by atoms with Gasteiger partial charge in [0.15, 0.2) is 0 Å². The van der Waals surface area contributed by atoms with Crippen LogP contribution >= 0.6 is 0 Å². The van der Waals surface area contributed by atoms with Crippen molar-refractivity contribution in [2.75, 3.05) is 6.54 Å². The first kappa shape index (κ1) is 18.9. The molecule has 20 heavy (non-hydrogen) atoms. The van der Waals surface area contributed by atoms with Crippen molar-refractivity contribution in [2.24, 2.45) is 11.7 Å². The summed E-state index contributed by atoms with van der Waals surface area (Å²) < 4.78 is 0. The van der Waals surface area contributed by atoms with Gasteiger partial charge in [-0.05, 0) is 38.5 Å². The summed E-state index contributed by atoms with van der Waals surface area (Å²) in [5.74, 6) is -0.286. The van der Waals surface area contributed by atoms with Gasteiger partial charge in [-0.25, -0.2) is 0 Å². The van der Waals surface area contributed by atoms with Crippen molar-refractivity contribution in [1.82, 2.24) is 5.32 Å². The van der Waals surface area contributed by atoms with E-state index in [0.717, 1.165) is 32.1 Å². The monoisotopic (exact) mass is 286 g/mol. The molecule has 1 amide bonds. The van der Waals surface area contributed by atoms with Gasteiger partial charge in [-0.1, -0.05) is 19.8 Å². The summed E-state index contributed by atoms with van der Waals surface area (Å²) in [4.78, 5) is 22.2. The SMILES string of the molecule is CCCC(CCNC(=O)CCCC(C)N)CCC(=O)O. The van der Waals surface area contributed by atoms with E-state index in [-0.39, 0.29) is 18.4 Å². The molecule has 2 unspecified atom stereocenters. The Kier molecular flexibility index (Phi) is 11.1. The van der Waals surface area contributed by atoms with E-state index in [1.54, 1.807) is 0 Å². The van der Waals surface area contributed by atoms with Crippen LogP contribution in [0, 0.1) is 5.92 Å². The largest absolute Gasteiger partial charge is 0.481 e. The van der Waals surface area contributed by atoms with Gasteiger partial charge in [0.25, 0.3) is 0 Å². The molecule has 0 radical (unpaired) electrons. The Labute approximate surface area is 122 Å². The second-order valence-corrected chi connectivity index (χ2v) is 5.60. The lowest BCUT2D eigenvalue weighted by Gasteiger charge is -2.15. The average Bonchev–Trinajstić information content (AvgIpc) is 2.35. The lowest BCUT2D eigenvalue weighted by molar-refractivity contribution is -0.137. The third-order valence-electron chi connectivity index (χ3n) is 3.40. The van der Waals surface area contributed by atoms with Gasteiger partial charge in [-0.15, -0.1) is 0 Å². The Morgan fingerprint density at radius 3 is 2.40 bits per heavy atom. The van der Waals surface area contributed by atoms with Crippen LogP contribution in [0.25, 0.3) is 0 Å². The highest BCUT2D eigenvalue weighted by atomic mass is 16.4. The molecule has 0 rings (SSSR count). The molecule has 0 fully saturated rings. The summed E-state index contributed by atoms with van der Waals surface area (Å²) in [7, 11) is 0. The molecule has 0 aliphatic heterocycles. The molecule has 0 saturated heterocycles. The summed E-state index contributed by atoms with van der Waals surface area (Å²) >= 11 is 0. The van der Waals surface area contributed by atoms with Crippen LogP contribution in [0.4, 0.5) is 0 Å². The van der Waals surface area contributed by atoms with Crippen molar-refractivity contribution in [3.63, 3.8) is 0 Å². The van der Waals surface area contributed by atoms with Gasteiger partial charge in [0.05, 0.1) is 0 Å². The molecule has 0 aromatic carbocycles. The van der Waals surface area contributed by atoms with Gasteiger partial charge >= 0.3 is 5.97 Å². The number of amides is 1. The molecule has 5 heteroatoms. The summed E-state index contributed by atoms with van der Waals surface area (Å²) in [6.07, 6.45) is 6.05. The molecule has 0 aliphatic rings. The minimum atomic E-state index is -0.744. The first-order valence-electron chi connectivity index (χ1n) is 7.69. The van der Waals surface area contributed by atoms with Gasteiger partial charge in [0.2, 0.25) is 5.91 Å². The molecule has 118 valence electrons. The van der Waals surface area contributed by atoms with Crippen molar-refractivity contribution in [2.45, 2.75) is 71.3 Å². The maximum atomic E-state index is 11.6. The minimum absolute atomic E-state index is 0.0686. The molecule has 0 spiro atoms. The van der Waals surface area contributed by atoms with E-state index in [1.807, 2.05) is 6.92 Å². The number of carboxylic acid groups (broad SMARTS) is 1. The van der Waals surface area contributed by atoms with Crippen LogP contribution in [-0.2, 0) is 9.59 Å². The molecule has 0 saturated carbocycles. The predicted octanol–water partition coefficient (Wildman–Crippen LogP) is 2.29. The Hall–Kier alpha value is -1.10. The van der Waals surface area contributed by atoms with E-state index in [2.05, 4.69) is 12.2 Å². The zero-order chi connectivity index (χ0) is 15.4. The number of nitrogens with one attached hydrogen (secondary N) is 1. The number of nitrogens with two attached hydrogens (primary N) is 1. The molecule has 5 nitrogen and oxygen atoms in total. The Balaban J connectivity index is 3.75. The minimum Gasteiger partial charge on any atom is -0.481 e. The van der Waals surface area contributed by atoms with E-state index in [0.29, 0.717) is 25.3 Å². The number of hydrogen-bond donors (Lipinski definition) is 3. The Morgan fingerprint density at radius 2 is 1.85 bits per heavy atom. The van der Waals surface area contributed by atoms with E-state index >= 15 is 0 Å². The van der Waals surface area contributed by atoms with Crippen LogP contribution in [0.3, 0.4) is 0 Å². The maximum absolute atomic E-state index is 11.6. The van der Waals surface area contributed by atoms with Gasteiger partial charge in [0.1, 0.15) is 0 Å². The third-order valence-corrected chi connectivity index (χ3v) is 3.40. The third kappa shape index (κ3) is 12.0.